The molecule has 0 atom stereocenters. The number of imidazole rings is 1. The molecule has 0 aromatic carbocycles. The van der Waals surface area contributed by atoms with E-state index in [9.17, 15) is 0 Å². The molecule has 0 amide bonds. The number of rotatable bonds is 2. The molecule has 0 unspecified atom stereocenters. The summed E-state index contributed by atoms with van der Waals surface area (Å²) in [6, 6.07) is 4.97. The van der Waals surface area contributed by atoms with Crippen LogP contribution in [0.25, 0.3) is 5.65 Å². The van der Waals surface area contributed by atoms with Gasteiger partial charge in [0.25, 0.3) is 0 Å². The molecule has 0 spiro atoms. The predicted molar refractivity (Wildman–Crippen MR) is 75.2 cm³/mol. The van der Waals surface area contributed by atoms with Crippen molar-refractivity contribution < 1.29 is 0 Å². The molecule has 0 radical (unpaired) electrons. The highest BCUT2D eigenvalue weighted by Crippen LogP contribution is 2.23. The summed E-state index contributed by atoms with van der Waals surface area (Å²) in [7, 11) is 0. The lowest BCUT2D eigenvalue weighted by Gasteiger charge is -2.23. The highest BCUT2D eigenvalue weighted by atomic mass is 15.1. The fourth-order valence-corrected chi connectivity index (χ4v) is 3.04. The Kier molecular flexibility index (Phi) is 2.98. The second-order valence-corrected chi connectivity index (χ2v) is 5.49. The molecule has 1 saturated carbocycles. The number of aromatic nitrogens is 2. The maximum Gasteiger partial charge on any atom is 0.138 e. The van der Waals surface area contributed by atoms with E-state index in [1.54, 1.807) is 0 Å². The van der Waals surface area contributed by atoms with Crippen molar-refractivity contribution in [1.82, 2.24) is 9.38 Å². The van der Waals surface area contributed by atoms with Gasteiger partial charge in [-0.05, 0) is 44.4 Å². The van der Waals surface area contributed by atoms with Crippen LogP contribution in [0.4, 0.5) is 5.82 Å². The SMILES string of the molecule is Cc1cc(C)n2c(NC3CCCCC3)cnc2c1. The van der Waals surface area contributed by atoms with Crippen LogP contribution < -0.4 is 5.32 Å². The first-order valence-electron chi connectivity index (χ1n) is 6.95. The van der Waals surface area contributed by atoms with Gasteiger partial charge in [0.1, 0.15) is 11.5 Å². The molecule has 18 heavy (non-hydrogen) atoms. The van der Waals surface area contributed by atoms with Crippen LogP contribution in [0, 0.1) is 13.8 Å². The third-order valence-corrected chi connectivity index (χ3v) is 3.89. The zero-order chi connectivity index (χ0) is 12.5. The molecule has 1 aliphatic rings. The van der Waals surface area contributed by atoms with Gasteiger partial charge in [-0.1, -0.05) is 19.3 Å². The lowest BCUT2D eigenvalue weighted by atomic mass is 9.96. The number of fused-ring (bicyclic) bond motifs is 1. The Balaban J connectivity index is 1.92. The summed E-state index contributed by atoms with van der Waals surface area (Å²) >= 11 is 0. The van der Waals surface area contributed by atoms with E-state index in [1.807, 2.05) is 6.20 Å². The molecule has 1 aliphatic carbocycles. The second-order valence-electron chi connectivity index (χ2n) is 5.49. The van der Waals surface area contributed by atoms with Gasteiger partial charge in [0.2, 0.25) is 0 Å². The fourth-order valence-electron chi connectivity index (χ4n) is 3.04. The second kappa shape index (κ2) is 4.63. The molecule has 0 saturated heterocycles. The molecule has 1 N–H and O–H groups in total. The highest BCUT2D eigenvalue weighted by molar-refractivity contribution is 5.53. The molecule has 0 aliphatic heterocycles. The van der Waals surface area contributed by atoms with E-state index in [0.717, 1.165) is 11.5 Å². The van der Waals surface area contributed by atoms with Crippen molar-refractivity contribution in [3.05, 3.63) is 29.6 Å². The Hall–Kier alpha value is -1.51. The van der Waals surface area contributed by atoms with Crippen LogP contribution in [0.15, 0.2) is 18.3 Å². The maximum absolute atomic E-state index is 4.51. The summed E-state index contributed by atoms with van der Waals surface area (Å²) in [6.07, 6.45) is 8.65. The average Bonchev–Trinajstić information content (AvgIpc) is 2.73. The summed E-state index contributed by atoms with van der Waals surface area (Å²) in [4.78, 5) is 4.51. The van der Waals surface area contributed by atoms with E-state index >= 15 is 0 Å². The number of pyridine rings is 1. The third-order valence-electron chi connectivity index (χ3n) is 3.89. The first kappa shape index (κ1) is 11.6. The smallest absolute Gasteiger partial charge is 0.138 e. The highest BCUT2D eigenvalue weighted by Gasteiger charge is 2.15. The van der Waals surface area contributed by atoms with Gasteiger partial charge in [-0.2, -0.15) is 0 Å². The van der Waals surface area contributed by atoms with E-state index in [0.29, 0.717) is 6.04 Å². The van der Waals surface area contributed by atoms with Crippen LogP contribution in [0.2, 0.25) is 0 Å². The Bertz CT molecular complexity index is 550. The van der Waals surface area contributed by atoms with Gasteiger partial charge >= 0.3 is 0 Å². The molecule has 3 rings (SSSR count). The van der Waals surface area contributed by atoms with Crippen LogP contribution in [0.1, 0.15) is 43.4 Å². The fraction of sp³-hybridized carbons (Fsp3) is 0.533. The molecule has 2 aromatic rings. The number of nitrogens with one attached hydrogen (secondary N) is 1. The first-order valence-corrected chi connectivity index (χ1v) is 6.95. The van der Waals surface area contributed by atoms with Crippen LogP contribution in [-0.2, 0) is 0 Å². The zero-order valence-electron chi connectivity index (χ0n) is 11.2. The summed E-state index contributed by atoms with van der Waals surface area (Å²) in [5, 5.41) is 3.66. The Morgan fingerprint density at radius 1 is 1.17 bits per heavy atom. The van der Waals surface area contributed by atoms with Crippen LogP contribution in [0.5, 0.6) is 0 Å². The summed E-state index contributed by atoms with van der Waals surface area (Å²) in [6.45, 7) is 4.27. The van der Waals surface area contributed by atoms with Gasteiger partial charge in [0.15, 0.2) is 0 Å². The van der Waals surface area contributed by atoms with Crippen molar-refractivity contribution in [3.63, 3.8) is 0 Å². The average molecular weight is 243 g/mol. The molecule has 3 heteroatoms. The minimum absolute atomic E-state index is 0.624. The van der Waals surface area contributed by atoms with Gasteiger partial charge < -0.3 is 5.32 Å². The number of anilines is 1. The van der Waals surface area contributed by atoms with Gasteiger partial charge in [-0.25, -0.2) is 4.98 Å². The standard InChI is InChI=1S/C15H21N3/c1-11-8-12(2)18-14(9-11)16-10-15(18)17-13-6-4-3-5-7-13/h8-10,13,17H,3-7H2,1-2H3. The van der Waals surface area contributed by atoms with E-state index < -0.39 is 0 Å². The molecule has 1 fully saturated rings. The van der Waals surface area contributed by atoms with E-state index in [1.165, 1.54) is 43.4 Å². The van der Waals surface area contributed by atoms with Crippen molar-refractivity contribution >= 4 is 11.5 Å². The molecular weight excluding hydrogens is 222 g/mol. The Morgan fingerprint density at radius 2 is 1.94 bits per heavy atom. The first-order chi connectivity index (χ1) is 8.74. The van der Waals surface area contributed by atoms with Gasteiger partial charge in [-0.15, -0.1) is 0 Å². The third kappa shape index (κ3) is 2.09. The largest absolute Gasteiger partial charge is 0.367 e. The van der Waals surface area contributed by atoms with Crippen molar-refractivity contribution in [2.45, 2.75) is 52.0 Å². The van der Waals surface area contributed by atoms with E-state index in [2.05, 4.69) is 40.7 Å². The van der Waals surface area contributed by atoms with Crippen molar-refractivity contribution in [1.29, 1.82) is 0 Å². The van der Waals surface area contributed by atoms with Crippen molar-refractivity contribution in [2.75, 3.05) is 5.32 Å². The zero-order valence-corrected chi connectivity index (χ0v) is 11.2. The Morgan fingerprint density at radius 3 is 2.72 bits per heavy atom. The monoisotopic (exact) mass is 243 g/mol. The molecular formula is C15H21N3. The quantitative estimate of drug-likeness (QED) is 0.871. The Labute approximate surface area is 108 Å². The number of aryl methyl sites for hydroxylation is 2. The van der Waals surface area contributed by atoms with Crippen molar-refractivity contribution in [2.24, 2.45) is 0 Å². The predicted octanol–water partition coefficient (Wildman–Crippen LogP) is 3.70. The maximum atomic E-state index is 4.51. The van der Waals surface area contributed by atoms with Gasteiger partial charge in [-0.3, -0.25) is 4.40 Å². The topological polar surface area (TPSA) is 29.3 Å². The van der Waals surface area contributed by atoms with E-state index in [-0.39, 0.29) is 0 Å². The number of nitrogens with zero attached hydrogens (tertiary/aromatic N) is 2. The molecule has 2 heterocycles. The lowest BCUT2D eigenvalue weighted by Crippen LogP contribution is -2.23. The van der Waals surface area contributed by atoms with Crippen LogP contribution in [-0.4, -0.2) is 15.4 Å². The van der Waals surface area contributed by atoms with Crippen molar-refractivity contribution in [3.8, 4) is 0 Å². The molecule has 96 valence electrons. The summed E-state index contributed by atoms with van der Waals surface area (Å²) in [5.74, 6) is 1.15. The summed E-state index contributed by atoms with van der Waals surface area (Å²) < 4.78 is 2.22. The van der Waals surface area contributed by atoms with Gasteiger partial charge in [0, 0.05) is 11.7 Å². The number of hydrogen-bond donors (Lipinski definition) is 1. The lowest BCUT2D eigenvalue weighted by molar-refractivity contribution is 0.461. The normalized spacial score (nSPS) is 17.2. The minimum atomic E-state index is 0.624. The van der Waals surface area contributed by atoms with Crippen LogP contribution >= 0.6 is 0 Å². The molecule has 0 bridgehead atoms. The number of hydrogen-bond acceptors (Lipinski definition) is 2. The van der Waals surface area contributed by atoms with Gasteiger partial charge in [0.05, 0.1) is 6.20 Å². The molecule has 3 nitrogen and oxygen atoms in total. The van der Waals surface area contributed by atoms with Crippen LogP contribution in [0.3, 0.4) is 0 Å². The minimum Gasteiger partial charge on any atom is -0.367 e. The summed E-state index contributed by atoms with van der Waals surface area (Å²) in [5.41, 5.74) is 3.57. The molecule has 2 aromatic heterocycles. The van der Waals surface area contributed by atoms with E-state index in [4.69, 9.17) is 0 Å².